The smallest absolute Gasteiger partial charge is 0.120 e. The minimum absolute atomic E-state index is 0. The molecule has 4 rings (SSSR count). The van der Waals surface area contributed by atoms with Crippen LogP contribution in [0, 0.1) is 0 Å². The molecule has 0 bridgehead atoms. The summed E-state index contributed by atoms with van der Waals surface area (Å²) in [5.41, 5.74) is 3.73. The Kier molecular flexibility index (Phi) is 6.00. The van der Waals surface area contributed by atoms with Crippen LogP contribution in [0.2, 0.25) is 0 Å². The van der Waals surface area contributed by atoms with Crippen LogP contribution in [0.5, 0.6) is 0 Å². The van der Waals surface area contributed by atoms with E-state index < -0.39 is 0 Å². The van der Waals surface area contributed by atoms with E-state index in [9.17, 15) is 0 Å². The third kappa shape index (κ3) is 3.33. The van der Waals surface area contributed by atoms with Gasteiger partial charge in [-0.1, -0.05) is 67.9 Å². The summed E-state index contributed by atoms with van der Waals surface area (Å²) in [6.45, 7) is 2.27. The average molecular weight is 386 g/mol. The van der Waals surface area contributed by atoms with Crippen LogP contribution in [0.3, 0.4) is 0 Å². The number of hydrogen-bond acceptors (Lipinski definition) is 2. The summed E-state index contributed by atoms with van der Waals surface area (Å²) in [4.78, 5) is 2.38. The normalized spacial score (nSPS) is 29.6. The maximum Gasteiger partial charge on any atom is 0.120 e. The summed E-state index contributed by atoms with van der Waals surface area (Å²) in [5.74, 6) is 0. The number of rotatable bonds is 4. The molecule has 0 amide bonds. The summed E-state index contributed by atoms with van der Waals surface area (Å²) >= 11 is 0. The fourth-order valence-corrected chi connectivity index (χ4v) is 5.24. The molecular weight excluding hydrogens is 354 g/mol. The van der Waals surface area contributed by atoms with Gasteiger partial charge in [0.15, 0.2) is 0 Å². The Morgan fingerprint density at radius 1 is 0.926 bits per heavy atom. The molecule has 3 heteroatoms. The Hall–Kier alpha value is -1.35. The van der Waals surface area contributed by atoms with E-state index in [1.54, 1.807) is 0 Å². The first kappa shape index (κ1) is 20.4. The van der Waals surface area contributed by atoms with Gasteiger partial charge in [0.1, 0.15) is 5.60 Å². The average Bonchev–Trinajstić information content (AvgIpc) is 2.94. The van der Waals surface area contributed by atoms with Crippen molar-refractivity contribution in [2.45, 2.75) is 62.7 Å². The maximum absolute atomic E-state index is 7.18. The van der Waals surface area contributed by atoms with Crippen LogP contribution in [0.1, 0.15) is 62.1 Å². The largest absolute Gasteiger partial charge is 0.354 e. The monoisotopic (exact) mass is 385 g/mol. The van der Waals surface area contributed by atoms with E-state index in [0.29, 0.717) is 6.04 Å². The lowest BCUT2D eigenvalue weighted by Crippen LogP contribution is -2.41. The Morgan fingerprint density at radius 2 is 1.52 bits per heavy atom. The Bertz CT molecular complexity index is 752. The topological polar surface area (TPSA) is 12.5 Å². The van der Waals surface area contributed by atoms with Crippen molar-refractivity contribution in [1.82, 2.24) is 4.90 Å². The van der Waals surface area contributed by atoms with Gasteiger partial charge in [-0.25, -0.2) is 0 Å². The summed E-state index contributed by atoms with van der Waals surface area (Å²) in [7, 11) is 4.41. The molecule has 146 valence electrons. The molecule has 0 N–H and O–H groups in total. The van der Waals surface area contributed by atoms with Crippen LogP contribution in [0.15, 0.2) is 54.6 Å². The fraction of sp³-hybridized carbons (Fsp3) is 0.500. The second-order valence-corrected chi connectivity index (χ2v) is 8.28. The second-order valence-electron chi connectivity index (χ2n) is 8.28. The van der Waals surface area contributed by atoms with Gasteiger partial charge in [-0.2, -0.15) is 0 Å². The molecule has 2 nitrogen and oxygen atoms in total. The highest BCUT2D eigenvalue weighted by Crippen LogP contribution is 2.57. The van der Waals surface area contributed by atoms with Crippen LogP contribution in [-0.4, -0.2) is 25.0 Å². The van der Waals surface area contributed by atoms with Gasteiger partial charge >= 0.3 is 0 Å². The molecule has 1 atom stereocenters. The molecule has 0 aromatic heterocycles. The third-order valence-corrected chi connectivity index (χ3v) is 6.56. The number of fused-ring (bicyclic) bond motifs is 2. The molecular formula is C24H32ClNO. The predicted octanol–water partition coefficient (Wildman–Crippen LogP) is 5.88. The van der Waals surface area contributed by atoms with E-state index in [2.05, 4.69) is 80.5 Å². The number of benzene rings is 2. The lowest BCUT2D eigenvalue weighted by molar-refractivity contribution is -0.148. The van der Waals surface area contributed by atoms with E-state index in [0.717, 1.165) is 25.7 Å². The molecule has 2 aromatic carbocycles. The van der Waals surface area contributed by atoms with E-state index >= 15 is 0 Å². The van der Waals surface area contributed by atoms with Crippen molar-refractivity contribution < 1.29 is 4.74 Å². The van der Waals surface area contributed by atoms with Crippen LogP contribution in [0.25, 0.3) is 0 Å². The van der Waals surface area contributed by atoms with Crippen molar-refractivity contribution in [3.63, 3.8) is 0 Å². The molecule has 2 aromatic rings. The highest BCUT2D eigenvalue weighted by Gasteiger charge is 2.54. The number of halogens is 1. The first-order valence-corrected chi connectivity index (χ1v) is 10.1. The molecule has 0 unspecified atom stereocenters. The summed E-state index contributed by atoms with van der Waals surface area (Å²) in [6, 6.07) is 20.6. The summed E-state index contributed by atoms with van der Waals surface area (Å²) in [5, 5.41) is 0. The third-order valence-electron chi connectivity index (χ3n) is 6.56. The lowest BCUT2D eigenvalue weighted by atomic mass is 9.75. The van der Waals surface area contributed by atoms with Gasteiger partial charge in [0.05, 0.1) is 5.60 Å². The van der Waals surface area contributed by atoms with Gasteiger partial charge in [0.25, 0.3) is 0 Å². The highest BCUT2D eigenvalue weighted by atomic mass is 35.5. The quantitative estimate of drug-likeness (QED) is 0.651. The lowest BCUT2D eigenvalue weighted by Gasteiger charge is -2.42. The number of nitrogens with zero attached hydrogens (tertiary/aromatic N) is 1. The van der Waals surface area contributed by atoms with E-state index in [1.807, 2.05) is 0 Å². The van der Waals surface area contributed by atoms with Crippen molar-refractivity contribution in [3.05, 3.63) is 71.3 Å². The molecule has 1 fully saturated rings. The van der Waals surface area contributed by atoms with Gasteiger partial charge in [-0.15, -0.1) is 12.4 Å². The van der Waals surface area contributed by atoms with Crippen LogP contribution < -0.4 is 0 Å². The maximum atomic E-state index is 7.18. The van der Waals surface area contributed by atoms with Crippen molar-refractivity contribution in [1.29, 1.82) is 0 Å². The molecule has 27 heavy (non-hydrogen) atoms. The molecule has 2 aliphatic rings. The zero-order valence-corrected chi connectivity index (χ0v) is 17.6. The summed E-state index contributed by atoms with van der Waals surface area (Å²) in [6.07, 6.45) is 6.79. The molecule has 1 aliphatic heterocycles. The van der Waals surface area contributed by atoms with Crippen LogP contribution in [0.4, 0.5) is 0 Å². The van der Waals surface area contributed by atoms with Crippen molar-refractivity contribution in [2.75, 3.05) is 14.1 Å². The Labute approximate surface area is 170 Å². The summed E-state index contributed by atoms with van der Waals surface area (Å²) < 4.78 is 7.18. The fourth-order valence-electron chi connectivity index (χ4n) is 5.24. The van der Waals surface area contributed by atoms with E-state index in [1.165, 1.54) is 29.5 Å². The highest BCUT2D eigenvalue weighted by molar-refractivity contribution is 5.85. The molecule has 0 radical (unpaired) electrons. The van der Waals surface area contributed by atoms with E-state index in [-0.39, 0.29) is 23.6 Å². The first-order valence-electron chi connectivity index (χ1n) is 10.1. The van der Waals surface area contributed by atoms with Crippen molar-refractivity contribution in [2.24, 2.45) is 0 Å². The van der Waals surface area contributed by atoms with Crippen molar-refractivity contribution in [3.8, 4) is 0 Å². The molecule has 1 aliphatic carbocycles. The molecule has 1 heterocycles. The van der Waals surface area contributed by atoms with Crippen molar-refractivity contribution >= 4 is 12.4 Å². The Morgan fingerprint density at radius 3 is 2.11 bits per heavy atom. The minimum atomic E-state index is -0.294. The number of hydrogen-bond donors (Lipinski definition) is 0. The van der Waals surface area contributed by atoms with Crippen LogP contribution in [-0.2, 0) is 15.9 Å². The minimum Gasteiger partial charge on any atom is -0.354 e. The van der Waals surface area contributed by atoms with E-state index in [4.69, 9.17) is 4.74 Å². The van der Waals surface area contributed by atoms with Gasteiger partial charge in [0, 0.05) is 6.04 Å². The first-order chi connectivity index (χ1) is 12.6. The molecule has 1 saturated carbocycles. The molecule has 0 saturated heterocycles. The van der Waals surface area contributed by atoms with Gasteiger partial charge in [-0.3, -0.25) is 0 Å². The zero-order chi connectivity index (χ0) is 18.2. The Balaban J connectivity index is 0.00000210. The SMILES string of the molecule is CCC[C@@]1(c2ccccc2)OC2(CCC(N(C)C)CC2)c2ccccc21.Cl. The standard InChI is InChI=1S/C24H31NO.ClH/c1-4-16-24(19-10-6-5-7-11-19)22-13-9-8-12-21(22)23(26-24)17-14-20(15-18-23)25(2)3;/h5-13,20H,4,14-18H2,1-3H3;1H/t20?,23?,24-;/m0./s1. The van der Waals surface area contributed by atoms with Crippen LogP contribution >= 0.6 is 12.4 Å². The number of ether oxygens (including phenoxy) is 1. The zero-order valence-electron chi connectivity index (χ0n) is 16.8. The van der Waals surface area contributed by atoms with Gasteiger partial charge in [0.2, 0.25) is 0 Å². The van der Waals surface area contributed by atoms with Gasteiger partial charge < -0.3 is 9.64 Å². The predicted molar refractivity (Wildman–Crippen MR) is 115 cm³/mol. The second kappa shape index (κ2) is 7.95. The van der Waals surface area contributed by atoms with Gasteiger partial charge in [-0.05, 0) is 62.9 Å². The molecule has 1 spiro atoms.